The Balaban J connectivity index is 1.52. The first kappa shape index (κ1) is 19.8. The first-order valence-corrected chi connectivity index (χ1v) is 10.9. The molecular formula is C22H27N3O3S. The van der Waals surface area contributed by atoms with Crippen LogP contribution >= 0.6 is 11.3 Å². The highest BCUT2D eigenvalue weighted by molar-refractivity contribution is 7.20. The molecule has 0 bridgehead atoms. The van der Waals surface area contributed by atoms with Crippen molar-refractivity contribution in [1.82, 2.24) is 14.7 Å². The van der Waals surface area contributed by atoms with Crippen molar-refractivity contribution in [2.75, 3.05) is 19.7 Å². The predicted molar refractivity (Wildman–Crippen MR) is 115 cm³/mol. The van der Waals surface area contributed by atoms with Gasteiger partial charge in [0, 0.05) is 18.5 Å². The lowest BCUT2D eigenvalue weighted by Crippen LogP contribution is -2.43. The van der Waals surface area contributed by atoms with E-state index in [2.05, 4.69) is 18.9 Å². The molecule has 0 aliphatic carbocycles. The van der Waals surface area contributed by atoms with Crippen LogP contribution in [-0.4, -0.2) is 46.4 Å². The lowest BCUT2D eigenvalue weighted by molar-refractivity contribution is 0.0478. The van der Waals surface area contributed by atoms with E-state index in [0.29, 0.717) is 25.6 Å². The number of aromatic nitrogens is 2. The van der Waals surface area contributed by atoms with Crippen LogP contribution in [0.15, 0.2) is 30.3 Å². The van der Waals surface area contributed by atoms with Gasteiger partial charge in [0.15, 0.2) is 17.6 Å². The minimum Gasteiger partial charge on any atom is -0.486 e. The number of para-hydroxylation sites is 2. The molecule has 29 heavy (non-hydrogen) atoms. The lowest BCUT2D eigenvalue weighted by atomic mass is 10.2. The van der Waals surface area contributed by atoms with Crippen molar-refractivity contribution in [3.8, 4) is 11.5 Å². The van der Waals surface area contributed by atoms with Gasteiger partial charge in [-0.25, -0.2) is 0 Å². The fraction of sp³-hybridized carbons (Fsp3) is 0.455. The van der Waals surface area contributed by atoms with Crippen LogP contribution in [-0.2, 0) is 6.54 Å². The van der Waals surface area contributed by atoms with Crippen LogP contribution < -0.4 is 9.47 Å². The summed E-state index contributed by atoms with van der Waals surface area (Å²) in [5.74, 6) is 2.02. The molecule has 1 aromatic carbocycles. The average Bonchev–Trinajstić information content (AvgIpc) is 3.26. The fourth-order valence-electron chi connectivity index (χ4n) is 3.60. The molecule has 0 N–H and O–H groups in total. The zero-order valence-corrected chi connectivity index (χ0v) is 18.2. The number of likely N-dealkylation sites (N-methyl/N-ethyl adjacent to an activating group) is 1. The van der Waals surface area contributed by atoms with Gasteiger partial charge in [-0.05, 0) is 38.0 Å². The van der Waals surface area contributed by atoms with Crippen LogP contribution in [0, 0.1) is 12.8 Å². The Morgan fingerprint density at radius 1 is 1.34 bits per heavy atom. The number of amides is 1. The molecule has 4 rings (SSSR count). The van der Waals surface area contributed by atoms with E-state index >= 15 is 0 Å². The Bertz CT molecular complexity index is 1020. The summed E-state index contributed by atoms with van der Waals surface area (Å²) in [5, 5.41) is 5.71. The summed E-state index contributed by atoms with van der Waals surface area (Å²) >= 11 is 1.53. The largest absolute Gasteiger partial charge is 0.486 e. The summed E-state index contributed by atoms with van der Waals surface area (Å²) in [7, 11) is 0. The first-order valence-electron chi connectivity index (χ1n) is 10.1. The first-order chi connectivity index (χ1) is 14.0. The molecule has 7 heteroatoms. The minimum atomic E-state index is -0.179. The normalized spacial score (nSPS) is 15.8. The molecule has 0 fully saturated rings. The number of rotatable bonds is 6. The molecule has 1 aliphatic rings. The SMILES string of the molecule is CCN(C[C@@H]1COc2ccccc2O1)C(=O)c1cc2c(C)nn(CC(C)C)c2s1. The zero-order chi connectivity index (χ0) is 20.5. The number of hydrogen-bond acceptors (Lipinski definition) is 5. The number of aryl methyl sites for hydroxylation is 1. The number of fused-ring (bicyclic) bond motifs is 2. The summed E-state index contributed by atoms with van der Waals surface area (Å²) in [4.78, 5) is 16.9. The number of nitrogens with zero attached hydrogens (tertiary/aromatic N) is 3. The van der Waals surface area contributed by atoms with Crippen LogP contribution in [0.3, 0.4) is 0 Å². The summed E-state index contributed by atoms with van der Waals surface area (Å²) in [5.41, 5.74) is 0.972. The summed E-state index contributed by atoms with van der Waals surface area (Å²) < 4.78 is 13.9. The number of hydrogen-bond donors (Lipinski definition) is 0. The topological polar surface area (TPSA) is 56.6 Å². The maximum atomic E-state index is 13.2. The van der Waals surface area contributed by atoms with E-state index in [0.717, 1.165) is 38.8 Å². The van der Waals surface area contributed by atoms with E-state index in [1.165, 1.54) is 11.3 Å². The standard InChI is InChI=1S/C22H27N3O3S/c1-5-24(12-16-13-27-18-8-6-7-9-19(18)28-16)21(26)20-10-17-15(4)23-25(11-14(2)3)22(17)29-20/h6-10,14,16H,5,11-13H2,1-4H3/t16-/m1/s1. The maximum absolute atomic E-state index is 13.2. The second-order valence-corrected chi connectivity index (χ2v) is 8.86. The van der Waals surface area contributed by atoms with Gasteiger partial charge in [0.2, 0.25) is 0 Å². The monoisotopic (exact) mass is 413 g/mol. The van der Waals surface area contributed by atoms with E-state index in [1.807, 2.05) is 53.8 Å². The zero-order valence-electron chi connectivity index (χ0n) is 17.3. The van der Waals surface area contributed by atoms with Crippen LogP contribution in [0.5, 0.6) is 11.5 Å². The summed E-state index contributed by atoms with van der Waals surface area (Å²) in [6.07, 6.45) is -0.179. The lowest BCUT2D eigenvalue weighted by Gasteiger charge is -2.30. The predicted octanol–water partition coefficient (Wildman–Crippen LogP) is 4.36. The molecule has 0 unspecified atom stereocenters. The number of ether oxygens (including phenoxy) is 2. The number of carbonyl (C=O) groups is 1. The Kier molecular flexibility index (Phi) is 5.50. The van der Waals surface area contributed by atoms with E-state index in [-0.39, 0.29) is 12.0 Å². The molecule has 0 saturated carbocycles. The molecule has 1 aliphatic heterocycles. The van der Waals surface area contributed by atoms with Gasteiger partial charge in [-0.3, -0.25) is 9.48 Å². The third kappa shape index (κ3) is 3.96. The van der Waals surface area contributed by atoms with E-state index in [4.69, 9.17) is 9.47 Å². The molecule has 2 aromatic heterocycles. The van der Waals surface area contributed by atoms with Crippen molar-refractivity contribution in [2.24, 2.45) is 5.92 Å². The second kappa shape index (κ2) is 8.06. The molecular weight excluding hydrogens is 386 g/mol. The Morgan fingerprint density at radius 3 is 2.83 bits per heavy atom. The molecule has 3 aromatic rings. The van der Waals surface area contributed by atoms with Crippen molar-refractivity contribution in [2.45, 2.75) is 40.3 Å². The van der Waals surface area contributed by atoms with Crippen molar-refractivity contribution in [1.29, 1.82) is 0 Å². The van der Waals surface area contributed by atoms with Gasteiger partial charge >= 0.3 is 0 Å². The van der Waals surface area contributed by atoms with Gasteiger partial charge < -0.3 is 14.4 Å². The molecule has 0 spiro atoms. The van der Waals surface area contributed by atoms with Gasteiger partial charge in [0.25, 0.3) is 5.91 Å². The van der Waals surface area contributed by atoms with E-state index < -0.39 is 0 Å². The van der Waals surface area contributed by atoms with Gasteiger partial charge in [-0.1, -0.05) is 26.0 Å². The van der Waals surface area contributed by atoms with Gasteiger partial charge in [-0.15, -0.1) is 11.3 Å². The Hall–Kier alpha value is -2.54. The van der Waals surface area contributed by atoms with E-state index in [1.54, 1.807) is 0 Å². The minimum absolute atomic E-state index is 0.0339. The number of benzene rings is 1. The maximum Gasteiger partial charge on any atom is 0.264 e. The molecule has 1 amide bonds. The van der Waals surface area contributed by atoms with Gasteiger partial charge in [0.1, 0.15) is 11.4 Å². The van der Waals surface area contributed by atoms with Gasteiger partial charge in [-0.2, -0.15) is 5.10 Å². The number of thiophene rings is 1. The van der Waals surface area contributed by atoms with Crippen molar-refractivity contribution in [3.63, 3.8) is 0 Å². The highest BCUT2D eigenvalue weighted by Gasteiger charge is 2.27. The number of carbonyl (C=O) groups excluding carboxylic acids is 1. The average molecular weight is 414 g/mol. The Morgan fingerprint density at radius 2 is 2.10 bits per heavy atom. The van der Waals surface area contributed by atoms with Crippen molar-refractivity contribution < 1.29 is 14.3 Å². The molecule has 6 nitrogen and oxygen atoms in total. The molecule has 1 atom stereocenters. The smallest absolute Gasteiger partial charge is 0.264 e. The van der Waals surface area contributed by atoms with Crippen LogP contribution in [0.1, 0.15) is 36.1 Å². The molecule has 3 heterocycles. The third-order valence-electron chi connectivity index (χ3n) is 5.02. The second-order valence-electron chi connectivity index (χ2n) is 7.83. The van der Waals surface area contributed by atoms with Gasteiger partial charge in [0.05, 0.1) is 17.1 Å². The Labute approximate surface area is 175 Å². The van der Waals surface area contributed by atoms with Crippen LogP contribution in [0.25, 0.3) is 10.2 Å². The van der Waals surface area contributed by atoms with Crippen LogP contribution in [0.4, 0.5) is 0 Å². The third-order valence-corrected chi connectivity index (χ3v) is 6.15. The quantitative estimate of drug-likeness (QED) is 0.602. The van der Waals surface area contributed by atoms with Crippen molar-refractivity contribution in [3.05, 3.63) is 40.9 Å². The highest BCUT2D eigenvalue weighted by atomic mass is 32.1. The summed E-state index contributed by atoms with van der Waals surface area (Å²) in [6, 6.07) is 9.63. The fourth-order valence-corrected chi connectivity index (χ4v) is 4.74. The summed E-state index contributed by atoms with van der Waals surface area (Å²) in [6.45, 7) is 10.7. The molecule has 0 saturated heterocycles. The highest BCUT2D eigenvalue weighted by Crippen LogP contribution is 2.32. The molecule has 154 valence electrons. The molecule has 0 radical (unpaired) electrons. The van der Waals surface area contributed by atoms with E-state index in [9.17, 15) is 4.79 Å². The van der Waals surface area contributed by atoms with Crippen LogP contribution in [0.2, 0.25) is 0 Å². The van der Waals surface area contributed by atoms with Crippen molar-refractivity contribution >= 4 is 27.5 Å².